The lowest BCUT2D eigenvalue weighted by atomic mass is 10.2. The molecule has 0 amide bonds. The van der Waals surface area contributed by atoms with Gasteiger partial charge in [0.2, 0.25) is 0 Å². The molecule has 0 unspecified atom stereocenters. The molecule has 94 valence electrons. The zero-order valence-electron chi connectivity index (χ0n) is 9.85. The van der Waals surface area contributed by atoms with Gasteiger partial charge in [0.25, 0.3) is 0 Å². The summed E-state index contributed by atoms with van der Waals surface area (Å²) in [7, 11) is 0. The highest BCUT2D eigenvalue weighted by Crippen LogP contribution is 2.01. The van der Waals surface area contributed by atoms with Crippen molar-refractivity contribution in [3.8, 4) is 0 Å². The molecule has 0 saturated heterocycles. The molecule has 0 aliphatic carbocycles. The molecule has 0 aromatic carbocycles. The second-order valence-corrected chi connectivity index (χ2v) is 2.86. The number of hydrogen-bond acceptors (Lipinski definition) is 3. The second-order valence-electron chi connectivity index (χ2n) is 2.86. The van der Waals surface area contributed by atoms with Gasteiger partial charge in [-0.1, -0.05) is 31.9 Å². The molecule has 17 heavy (non-hydrogen) atoms. The Kier molecular flexibility index (Phi) is 12.2. The van der Waals surface area contributed by atoms with E-state index in [9.17, 15) is 9.59 Å². The maximum absolute atomic E-state index is 10.2. The van der Waals surface area contributed by atoms with Crippen LogP contribution < -0.4 is 0 Å². The summed E-state index contributed by atoms with van der Waals surface area (Å²) in [5, 5.41) is 8.27. The van der Waals surface area contributed by atoms with Crippen molar-refractivity contribution in [1.82, 2.24) is 0 Å². The van der Waals surface area contributed by atoms with E-state index in [1.54, 1.807) is 6.08 Å². The Morgan fingerprint density at radius 3 is 2.12 bits per heavy atom. The van der Waals surface area contributed by atoms with Crippen LogP contribution in [-0.4, -0.2) is 23.7 Å². The summed E-state index contributed by atoms with van der Waals surface area (Å²) < 4.78 is 4.47. The smallest absolute Gasteiger partial charge is 0.330 e. The third kappa shape index (κ3) is 13.9. The number of carboxylic acids is 1. The number of rotatable bonds is 7. The van der Waals surface area contributed by atoms with Gasteiger partial charge in [0.15, 0.2) is 0 Å². The van der Waals surface area contributed by atoms with E-state index in [0.717, 1.165) is 6.08 Å². The summed E-state index contributed by atoms with van der Waals surface area (Å²) in [6.07, 6.45) is 5.48. The van der Waals surface area contributed by atoms with Crippen molar-refractivity contribution >= 4 is 11.9 Å². The highest BCUT2D eigenvalue weighted by Gasteiger charge is 1.99. The molecule has 0 heterocycles. The van der Waals surface area contributed by atoms with Crippen LogP contribution in [0.3, 0.4) is 0 Å². The highest BCUT2D eigenvalue weighted by atomic mass is 16.5. The van der Waals surface area contributed by atoms with Gasteiger partial charge in [-0.05, 0) is 12.8 Å². The Labute approximate surface area is 102 Å². The summed E-state index contributed by atoms with van der Waals surface area (Å²) in [5.74, 6) is -1.33. The van der Waals surface area contributed by atoms with E-state index >= 15 is 0 Å². The van der Waals surface area contributed by atoms with Crippen LogP contribution in [0.5, 0.6) is 0 Å². The van der Waals surface area contributed by atoms with Crippen molar-refractivity contribution in [2.75, 3.05) is 6.61 Å². The molecular weight excluding hydrogens is 220 g/mol. The number of carbonyl (C=O) groups excluding carboxylic acids is 1. The topological polar surface area (TPSA) is 63.6 Å². The lowest BCUT2D eigenvalue weighted by Crippen LogP contribution is -1.98. The first-order valence-corrected chi connectivity index (χ1v) is 4.91. The number of esters is 1. The molecule has 0 radical (unpaired) electrons. The fraction of sp³-hybridized carbons (Fsp3) is 0.231. The van der Waals surface area contributed by atoms with Gasteiger partial charge in [0, 0.05) is 11.6 Å². The number of ether oxygens (including phenoxy) is 1. The van der Waals surface area contributed by atoms with Crippen molar-refractivity contribution in [2.45, 2.75) is 12.8 Å². The molecule has 0 spiro atoms. The van der Waals surface area contributed by atoms with Gasteiger partial charge in [-0.25, -0.2) is 9.59 Å². The third-order valence-corrected chi connectivity index (χ3v) is 1.46. The number of carboxylic acid groups (broad SMARTS) is 1. The molecule has 1 N–H and O–H groups in total. The summed E-state index contributed by atoms with van der Waals surface area (Å²) >= 11 is 0. The standard InChI is InChI=1S/C7H10O2.C6H8O2/c1-3-4-5-6(2)7(8)9;1-3-5-8-6(7)4-2/h3H,1-2,4-5H2,(H,8,9);3-4H,1-2,5H2. The molecule has 0 aliphatic heterocycles. The fourth-order valence-corrected chi connectivity index (χ4v) is 0.583. The van der Waals surface area contributed by atoms with Crippen molar-refractivity contribution < 1.29 is 19.4 Å². The molecule has 4 nitrogen and oxygen atoms in total. The molecule has 0 aliphatic rings. The van der Waals surface area contributed by atoms with Crippen LogP contribution in [0.2, 0.25) is 0 Å². The second kappa shape index (κ2) is 12.0. The Hall–Kier alpha value is -2.10. The third-order valence-electron chi connectivity index (χ3n) is 1.46. The van der Waals surface area contributed by atoms with Gasteiger partial charge in [0.1, 0.15) is 6.61 Å². The van der Waals surface area contributed by atoms with E-state index in [1.165, 1.54) is 6.08 Å². The van der Waals surface area contributed by atoms with Crippen molar-refractivity contribution in [3.05, 3.63) is 50.1 Å². The number of aliphatic carboxylic acids is 1. The first kappa shape index (κ1) is 17.3. The van der Waals surface area contributed by atoms with Gasteiger partial charge in [-0.2, -0.15) is 0 Å². The maximum atomic E-state index is 10.2. The number of hydrogen-bond donors (Lipinski definition) is 1. The number of carbonyl (C=O) groups is 2. The van der Waals surface area contributed by atoms with E-state index in [4.69, 9.17) is 5.11 Å². The first-order chi connectivity index (χ1) is 7.99. The number of allylic oxidation sites excluding steroid dienone is 1. The minimum Gasteiger partial charge on any atom is -0.478 e. The Balaban J connectivity index is 0. The predicted octanol–water partition coefficient (Wildman–Crippen LogP) is 2.50. The molecule has 4 heteroatoms. The molecule has 0 atom stereocenters. The van der Waals surface area contributed by atoms with Gasteiger partial charge < -0.3 is 9.84 Å². The molecule has 0 aromatic heterocycles. The lowest BCUT2D eigenvalue weighted by molar-refractivity contribution is -0.136. The largest absolute Gasteiger partial charge is 0.478 e. The van der Waals surface area contributed by atoms with Crippen molar-refractivity contribution in [3.63, 3.8) is 0 Å². The van der Waals surface area contributed by atoms with Crippen LogP contribution >= 0.6 is 0 Å². The molecule has 0 saturated carbocycles. The van der Waals surface area contributed by atoms with Gasteiger partial charge in [-0.15, -0.1) is 6.58 Å². The summed E-state index contributed by atoms with van der Waals surface area (Å²) in [5.41, 5.74) is 0.245. The van der Waals surface area contributed by atoms with Crippen molar-refractivity contribution in [2.24, 2.45) is 0 Å². The zero-order chi connectivity index (χ0) is 13.7. The van der Waals surface area contributed by atoms with E-state index < -0.39 is 11.9 Å². The van der Waals surface area contributed by atoms with Crippen LogP contribution in [0.4, 0.5) is 0 Å². The molecule has 0 fully saturated rings. The Bertz CT molecular complexity index is 303. The molecule has 0 aromatic rings. The zero-order valence-corrected chi connectivity index (χ0v) is 9.85. The van der Waals surface area contributed by atoms with Crippen LogP contribution in [-0.2, 0) is 14.3 Å². The summed E-state index contributed by atoms with van der Waals surface area (Å²) in [6.45, 7) is 13.6. The van der Waals surface area contributed by atoms with Crippen LogP contribution in [0.15, 0.2) is 50.1 Å². The molecule has 0 bridgehead atoms. The predicted molar refractivity (Wildman–Crippen MR) is 67.6 cm³/mol. The van der Waals surface area contributed by atoms with E-state index in [2.05, 4.69) is 31.1 Å². The lowest BCUT2D eigenvalue weighted by Gasteiger charge is -1.93. The highest BCUT2D eigenvalue weighted by molar-refractivity contribution is 5.85. The average molecular weight is 238 g/mol. The minimum atomic E-state index is -0.920. The van der Waals surface area contributed by atoms with Gasteiger partial charge in [0.05, 0.1) is 0 Å². The monoisotopic (exact) mass is 238 g/mol. The van der Waals surface area contributed by atoms with Crippen LogP contribution in [0.1, 0.15) is 12.8 Å². The fourth-order valence-electron chi connectivity index (χ4n) is 0.583. The Morgan fingerprint density at radius 2 is 1.76 bits per heavy atom. The van der Waals surface area contributed by atoms with Crippen LogP contribution in [0, 0.1) is 0 Å². The van der Waals surface area contributed by atoms with Crippen LogP contribution in [0.25, 0.3) is 0 Å². The van der Waals surface area contributed by atoms with Crippen molar-refractivity contribution in [1.29, 1.82) is 0 Å². The molecular formula is C13H18O4. The van der Waals surface area contributed by atoms with E-state index in [-0.39, 0.29) is 12.2 Å². The Morgan fingerprint density at radius 1 is 1.18 bits per heavy atom. The minimum absolute atomic E-state index is 0.245. The van der Waals surface area contributed by atoms with Gasteiger partial charge >= 0.3 is 11.9 Å². The summed E-state index contributed by atoms with van der Waals surface area (Å²) in [4.78, 5) is 20.3. The molecule has 0 rings (SSSR count). The quantitative estimate of drug-likeness (QED) is 0.420. The average Bonchev–Trinajstić information content (AvgIpc) is 2.33. The SMILES string of the molecule is C=CCCC(=C)C(=O)O.C=CCOC(=O)C=C. The van der Waals surface area contributed by atoms with E-state index in [0.29, 0.717) is 12.8 Å². The maximum Gasteiger partial charge on any atom is 0.330 e. The van der Waals surface area contributed by atoms with Gasteiger partial charge in [-0.3, -0.25) is 0 Å². The van der Waals surface area contributed by atoms with E-state index in [1.807, 2.05) is 0 Å². The first-order valence-electron chi connectivity index (χ1n) is 4.91. The summed E-state index contributed by atoms with van der Waals surface area (Å²) in [6, 6.07) is 0. The normalized spacial score (nSPS) is 8.00.